The highest BCUT2D eigenvalue weighted by Crippen LogP contribution is 2.08. The number of aromatic nitrogens is 1. The summed E-state index contributed by atoms with van der Waals surface area (Å²) in [5.74, 6) is -0.206. The fourth-order valence-electron chi connectivity index (χ4n) is 2.77. The van der Waals surface area contributed by atoms with Crippen molar-refractivity contribution in [1.82, 2.24) is 14.4 Å². The number of amides is 2. The summed E-state index contributed by atoms with van der Waals surface area (Å²) in [6, 6.07) is 3.99. The molecule has 0 aromatic carbocycles. The van der Waals surface area contributed by atoms with E-state index in [0.29, 0.717) is 39.3 Å². The smallest absolute Gasteiger partial charge is 0.249 e. The Morgan fingerprint density at radius 1 is 1.11 bits per heavy atom. The number of carbonyl (C=O) groups is 2. The molecule has 1 rings (SSSR count). The van der Waals surface area contributed by atoms with Gasteiger partial charge in [-0.2, -0.15) is 0 Å². The van der Waals surface area contributed by atoms with Crippen LogP contribution in [0.1, 0.15) is 38.8 Å². The van der Waals surface area contributed by atoms with E-state index in [1.165, 1.54) is 7.11 Å². The van der Waals surface area contributed by atoms with Crippen LogP contribution in [0.25, 0.3) is 0 Å². The molecule has 0 N–H and O–H groups in total. The fraction of sp³-hybridized carbons (Fsp3) is 0.700. The van der Waals surface area contributed by atoms with Crippen molar-refractivity contribution in [3.8, 4) is 0 Å². The molecule has 0 saturated carbocycles. The number of unbranched alkanes of at least 4 members (excludes halogenated alkanes) is 1. The van der Waals surface area contributed by atoms with Crippen molar-refractivity contribution in [3.63, 3.8) is 0 Å². The Labute approximate surface area is 163 Å². The van der Waals surface area contributed by atoms with E-state index in [-0.39, 0.29) is 25.0 Å². The number of hydrogen-bond acceptors (Lipinski definition) is 4. The highest BCUT2D eigenvalue weighted by atomic mass is 16.5. The predicted molar refractivity (Wildman–Crippen MR) is 105 cm³/mol. The summed E-state index contributed by atoms with van der Waals surface area (Å²) >= 11 is 0. The molecule has 154 valence electrons. The molecule has 0 fully saturated rings. The van der Waals surface area contributed by atoms with Gasteiger partial charge in [-0.25, -0.2) is 0 Å². The molecule has 0 bridgehead atoms. The quantitative estimate of drug-likeness (QED) is 0.463. The Morgan fingerprint density at radius 3 is 2.44 bits per heavy atom. The molecule has 0 saturated heterocycles. The maximum atomic E-state index is 12.9. The maximum Gasteiger partial charge on any atom is 0.249 e. The van der Waals surface area contributed by atoms with Crippen LogP contribution in [0.5, 0.6) is 0 Å². The Balaban J connectivity index is 2.75. The lowest BCUT2D eigenvalue weighted by Gasteiger charge is -2.28. The van der Waals surface area contributed by atoms with Gasteiger partial charge < -0.3 is 23.8 Å². The van der Waals surface area contributed by atoms with Crippen molar-refractivity contribution >= 4 is 11.8 Å². The van der Waals surface area contributed by atoms with Crippen LogP contribution in [0.4, 0.5) is 0 Å². The second-order valence-electron chi connectivity index (χ2n) is 6.58. The van der Waals surface area contributed by atoms with Gasteiger partial charge in [0.05, 0.1) is 13.1 Å². The first-order chi connectivity index (χ1) is 13.0. The lowest BCUT2D eigenvalue weighted by Crippen LogP contribution is -2.44. The highest BCUT2D eigenvalue weighted by Gasteiger charge is 2.21. The summed E-state index contributed by atoms with van der Waals surface area (Å²) in [6.45, 7) is 7.03. The van der Waals surface area contributed by atoms with Gasteiger partial charge in [0.1, 0.15) is 6.61 Å². The van der Waals surface area contributed by atoms with Gasteiger partial charge in [0.2, 0.25) is 11.8 Å². The average molecular weight is 382 g/mol. The standard InChI is InChI=1S/C20H35N3O4/c1-5-7-12-22(15-18-10-8-11-21(18)3)19(24)16-23(20(25)17-26-4)13-9-14-27-6-2/h8,10-11H,5-7,9,12-17H2,1-4H3. The molecule has 7 nitrogen and oxygen atoms in total. The third-order valence-electron chi connectivity index (χ3n) is 4.41. The summed E-state index contributed by atoms with van der Waals surface area (Å²) in [5.41, 5.74) is 1.07. The van der Waals surface area contributed by atoms with Crippen molar-refractivity contribution in [2.75, 3.05) is 46.6 Å². The van der Waals surface area contributed by atoms with E-state index in [2.05, 4.69) is 6.92 Å². The fourth-order valence-corrected chi connectivity index (χ4v) is 2.77. The molecule has 27 heavy (non-hydrogen) atoms. The largest absolute Gasteiger partial charge is 0.382 e. The number of methoxy groups -OCH3 is 1. The van der Waals surface area contributed by atoms with Gasteiger partial charge in [0.15, 0.2) is 0 Å². The molecular weight excluding hydrogens is 346 g/mol. The molecule has 7 heteroatoms. The second kappa shape index (κ2) is 13.3. The number of hydrogen-bond donors (Lipinski definition) is 0. The van der Waals surface area contributed by atoms with Gasteiger partial charge in [0.25, 0.3) is 0 Å². The van der Waals surface area contributed by atoms with Crippen molar-refractivity contribution in [2.45, 2.75) is 39.7 Å². The summed E-state index contributed by atoms with van der Waals surface area (Å²) < 4.78 is 12.3. The van der Waals surface area contributed by atoms with Crippen LogP contribution in [0.2, 0.25) is 0 Å². The summed E-state index contributed by atoms with van der Waals surface area (Å²) in [6.07, 6.45) is 4.62. The molecule has 2 amide bonds. The molecule has 0 aliphatic carbocycles. The number of nitrogens with zero attached hydrogens (tertiary/aromatic N) is 3. The molecular formula is C20H35N3O4. The van der Waals surface area contributed by atoms with Crippen molar-refractivity contribution in [3.05, 3.63) is 24.0 Å². The number of carbonyl (C=O) groups excluding carboxylic acids is 2. The first-order valence-corrected chi connectivity index (χ1v) is 9.75. The minimum Gasteiger partial charge on any atom is -0.382 e. The van der Waals surface area contributed by atoms with Crippen LogP contribution in [0.15, 0.2) is 18.3 Å². The van der Waals surface area contributed by atoms with Gasteiger partial charge in [-0.15, -0.1) is 0 Å². The molecule has 0 unspecified atom stereocenters. The van der Waals surface area contributed by atoms with Gasteiger partial charge in [0, 0.05) is 52.4 Å². The van der Waals surface area contributed by atoms with Gasteiger partial charge in [-0.1, -0.05) is 13.3 Å². The number of ether oxygens (including phenoxy) is 2. The van der Waals surface area contributed by atoms with Crippen LogP contribution >= 0.6 is 0 Å². The topological polar surface area (TPSA) is 64.0 Å². The van der Waals surface area contributed by atoms with Crippen LogP contribution in [-0.2, 0) is 32.7 Å². The molecule has 1 aromatic rings. The van der Waals surface area contributed by atoms with E-state index in [0.717, 1.165) is 18.5 Å². The minimum absolute atomic E-state index is 0.0192. The van der Waals surface area contributed by atoms with Gasteiger partial charge in [-0.3, -0.25) is 9.59 Å². The van der Waals surface area contributed by atoms with E-state index in [1.54, 1.807) is 4.90 Å². The van der Waals surface area contributed by atoms with E-state index >= 15 is 0 Å². The Hall–Kier alpha value is -1.86. The van der Waals surface area contributed by atoms with Crippen LogP contribution in [-0.4, -0.2) is 72.7 Å². The van der Waals surface area contributed by atoms with E-state index in [9.17, 15) is 9.59 Å². The molecule has 0 atom stereocenters. The Morgan fingerprint density at radius 2 is 1.85 bits per heavy atom. The van der Waals surface area contributed by atoms with E-state index in [4.69, 9.17) is 9.47 Å². The van der Waals surface area contributed by atoms with Crippen LogP contribution in [0, 0.1) is 0 Å². The second-order valence-corrected chi connectivity index (χ2v) is 6.58. The zero-order valence-corrected chi connectivity index (χ0v) is 17.3. The Kier molecular flexibility index (Phi) is 11.4. The third-order valence-corrected chi connectivity index (χ3v) is 4.41. The molecule has 0 aliphatic heterocycles. The maximum absolute atomic E-state index is 12.9. The zero-order chi connectivity index (χ0) is 20.1. The number of rotatable bonds is 14. The minimum atomic E-state index is -0.170. The highest BCUT2D eigenvalue weighted by molar-refractivity contribution is 5.85. The van der Waals surface area contributed by atoms with Crippen LogP contribution in [0.3, 0.4) is 0 Å². The predicted octanol–water partition coefficient (Wildman–Crippen LogP) is 2.06. The SMILES string of the molecule is CCCCN(Cc1cccn1C)C(=O)CN(CCCOCC)C(=O)COC. The lowest BCUT2D eigenvalue weighted by molar-refractivity contribution is -0.143. The van der Waals surface area contributed by atoms with E-state index in [1.807, 2.05) is 41.8 Å². The molecule has 0 radical (unpaired) electrons. The lowest BCUT2D eigenvalue weighted by atomic mass is 10.2. The summed E-state index contributed by atoms with van der Waals surface area (Å²) in [5, 5.41) is 0. The first-order valence-electron chi connectivity index (χ1n) is 9.75. The number of aryl methyl sites for hydroxylation is 1. The zero-order valence-electron chi connectivity index (χ0n) is 17.3. The van der Waals surface area contributed by atoms with Gasteiger partial charge in [-0.05, 0) is 31.9 Å². The van der Waals surface area contributed by atoms with Crippen molar-refractivity contribution < 1.29 is 19.1 Å². The third kappa shape index (κ3) is 8.58. The molecule has 1 heterocycles. The average Bonchev–Trinajstić information content (AvgIpc) is 3.05. The van der Waals surface area contributed by atoms with Crippen molar-refractivity contribution in [2.24, 2.45) is 7.05 Å². The monoisotopic (exact) mass is 381 g/mol. The molecule has 1 aromatic heterocycles. The molecule has 0 spiro atoms. The van der Waals surface area contributed by atoms with E-state index < -0.39 is 0 Å². The summed E-state index contributed by atoms with van der Waals surface area (Å²) in [4.78, 5) is 28.7. The van der Waals surface area contributed by atoms with Gasteiger partial charge >= 0.3 is 0 Å². The normalized spacial score (nSPS) is 10.8. The van der Waals surface area contributed by atoms with Crippen molar-refractivity contribution in [1.29, 1.82) is 0 Å². The molecule has 0 aliphatic rings. The van der Waals surface area contributed by atoms with Crippen LogP contribution < -0.4 is 0 Å². The Bertz CT molecular complexity index is 559. The first kappa shape index (κ1) is 23.2. The summed E-state index contributed by atoms with van der Waals surface area (Å²) in [7, 11) is 3.46.